The SMILES string of the molecule is COc1cccc(NC(=S)NC2C[C@H]3CC[C@@H](C2)[NH+]3Cc2ccc(F)cc2)c1. The number of fused-ring (bicyclic) bond motifs is 2. The molecule has 2 unspecified atom stereocenters. The smallest absolute Gasteiger partial charge is 0.171 e. The van der Waals surface area contributed by atoms with Crippen LogP contribution in [0.1, 0.15) is 31.2 Å². The van der Waals surface area contributed by atoms with Crippen molar-refractivity contribution in [3.8, 4) is 5.75 Å². The van der Waals surface area contributed by atoms with Crippen LogP contribution in [-0.2, 0) is 6.54 Å². The molecule has 3 N–H and O–H groups in total. The monoisotopic (exact) mass is 400 g/mol. The van der Waals surface area contributed by atoms with Crippen LogP contribution in [0.15, 0.2) is 48.5 Å². The van der Waals surface area contributed by atoms with Crippen LogP contribution < -0.4 is 20.3 Å². The third kappa shape index (κ3) is 4.45. The second-order valence-electron chi connectivity index (χ2n) is 7.85. The molecule has 2 aromatic rings. The number of quaternary nitrogens is 1. The molecule has 0 saturated carbocycles. The van der Waals surface area contributed by atoms with E-state index in [1.807, 2.05) is 36.4 Å². The van der Waals surface area contributed by atoms with Crippen molar-refractivity contribution in [1.82, 2.24) is 5.32 Å². The van der Waals surface area contributed by atoms with Gasteiger partial charge in [-0.15, -0.1) is 0 Å². The van der Waals surface area contributed by atoms with E-state index in [0.717, 1.165) is 30.8 Å². The number of hydrogen-bond acceptors (Lipinski definition) is 2. The fourth-order valence-electron chi connectivity index (χ4n) is 4.73. The molecule has 2 fully saturated rings. The lowest BCUT2D eigenvalue weighted by atomic mass is 9.96. The number of methoxy groups -OCH3 is 1. The highest BCUT2D eigenvalue weighted by Gasteiger charge is 2.44. The molecule has 2 aliphatic rings. The Bertz CT molecular complexity index is 815. The van der Waals surface area contributed by atoms with Gasteiger partial charge in [0.15, 0.2) is 5.11 Å². The number of nitrogens with one attached hydrogen (secondary N) is 3. The van der Waals surface area contributed by atoms with Crippen molar-refractivity contribution in [2.24, 2.45) is 0 Å². The molecule has 2 aromatic carbocycles. The summed E-state index contributed by atoms with van der Waals surface area (Å²) < 4.78 is 18.4. The highest BCUT2D eigenvalue weighted by molar-refractivity contribution is 7.80. The van der Waals surface area contributed by atoms with Gasteiger partial charge in [-0.2, -0.15) is 0 Å². The fourth-order valence-corrected chi connectivity index (χ4v) is 5.01. The van der Waals surface area contributed by atoms with Gasteiger partial charge in [-0.3, -0.25) is 0 Å². The molecule has 148 valence electrons. The van der Waals surface area contributed by atoms with Gasteiger partial charge in [0.05, 0.1) is 19.2 Å². The van der Waals surface area contributed by atoms with Gasteiger partial charge in [0.25, 0.3) is 0 Å². The van der Waals surface area contributed by atoms with E-state index < -0.39 is 0 Å². The van der Waals surface area contributed by atoms with E-state index in [1.54, 1.807) is 24.1 Å². The molecular formula is C22H27FN3OS+. The maximum Gasteiger partial charge on any atom is 0.171 e. The Morgan fingerprint density at radius 1 is 1.14 bits per heavy atom. The Labute approximate surface area is 171 Å². The molecular weight excluding hydrogens is 373 g/mol. The third-order valence-electron chi connectivity index (χ3n) is 6.03. The average Bonchev–Trinajstić information content (AvgIpc) is 2.92. The largest absolute Gasteiger partial charge is 0.497 e. The molecule has 2 saturated heterocycles. The van der Waals surface area contributed by atoms with Gasteiger partial charge in [0, 0.05) is 49.0 Å². The van der Waals surface area contributed by atoms with Crippen LogP contribution in [0.3, 0.4) is 0 Å². The lowest BCUT2D eigenvalue weighted by molar-refractivity contribution is -0.954. The predicted octanol–water partition coefficient (Wildman–Crippen LogP) is 2.90. The zero-order valence-corrected chi connectivity index (χ0v) is 16.9. The Morgan fingerprint density at radius 2 is 1.86 bits per heavy atom. The first-order chi connectivity index (χ1) is 13.6. The Hall–Kier alpha value is -2.18. The lowest BCUT2D eigenvalue weighted by Crippen LogP contribution is -3.17. The van der Waals surface area contributed by atoms with Crippen LogP contribution in [-0.4, -0.2) is 30.3 Å². The molecule has 0 amide bonds. The Kier molecular flexibility index (Phi) is 5.78. The van der Waals surface area contributed by atoms with Crippen molar-refractivity contribution < 1.29 is 14.0 Å². The number of piperidine rings is 1. The van der Waals surface area contributed by atoms with Crippen LogP contribution in [0.25, 0.3) is 0 Å². The molecule has 2 heterocycles. The molecule has 2 aliphatic heterocycles. The number of hydrogen-bond donors (Lipinski definition) is 3. The summed E-state index contributed by atoms with van der Waals surface area (Å²) in [7, 11) is 1.66. The third-order valence-corrected chi connectivity index (χ3v) is 6.25. The molecule has 4 nitrogen and oxygen atoms in total. The van der Waals surface area contributed by atoms with Crippen LogP contribution in [0.5, 0.6) is 5.75 Å². The van der Waals surface area contributed by atoms with Crippen molar-refractivity contribution in [3.05, 3.63) is 59.9 Å². The van der Waals surface area contributed by atoms with Crippen LogP contribution in [0.2, 0.25) is 0 Å². The van der Waals surface area contributed by atoms with Gasteiger partial charge < -0.3 is 20.3 Å². The molecule has 0 aliphatic carbocycles. The van der Waals surface area contributed by atoms with E-state index in [-0.39, 0.29) is 5.82 Å². The van der Waals surface area contributed by atoms with Crippen molar-refractivity contribution in [2.45, 2.75) is 50.4 Å². The maximum atomic E-state index is 13.2. The quantitative estimate of drug-likeness (QED) is 0.675. The zero-order valence-electron chi connectivity index (χ0n) is 16.1. The predicted molar refractivity (Wildman–Crippen MR) is 113 cm³/mol. The van der Waals surface area contributed by atoms with Gasteiger partial charge in [-0.05, 0) is 36.5 Å². The van der Waals surface area contributed by atoms with Crippen molar-refractivity contribution in [1.29, 1.82) is 0 Å². The van der Waals surface area contributed by atoms with E-state index in [9.17, 15) is 4.39 Å². The summed E-state index contributed by atoms with van der Waals surface area (Å²) in [4.78, 5) is 1.65. The highest BCUT2D eigenvalue weighted by Crippen LogP contribution is 2.24. The standard InChI is InChI=1S/C22H26FN3OS/c1-27-21-4-2-3-17(13-21)24-22(28)25-18-11-19-9-10-20(12-18)26(19)14-15-5-7-16(23)8-6-15/h2-8,13,18-20H,9-12,14H2,1H3,(H2,24,25,28)/p+1/t18?,19-,20+. The molecule has 0 spiro atoms. The van der Waals surface area contributed by atoms with Crippen molar-refractivity contribution >= 4 is 23.0 Å². The second kappa shape index (κ2) is 8.45. The topological polar surface area (TPSA) is 37.7 Å². The van der Waals surface area contributed by atoms with Crippen molar-refractivity contribution in [2.75, 3.05) is 12.4 Å². The van der Waals surface area contributed by atoms with Gasteiger partial charge in [-0.25, -0.2) is 4.39 Å². The minimum atomic E-state index is -0.165. The average molecular weight is 401 g/mol. The number of benzene rings is 2. The maximum absolute atomic E-state index is 13.2. The molecule has 2 bridgehead atoms. The number of halogens is 1. The molecule has 28 heavy (non-hydrogen) atoms. The van der Waals surface area contributed by atoms with Crippen molar-refractivity contribution in [3.63, 3.8) is 0 Å². The fraction of sp³-hybridized carbons (Fsp3) is 0.409. The zero-order chi connectivity index (χ0) is 19.5. The number of anilines is 1. The molecule has 4 atom stereocenters. The Morgan fingerprint density at radius 3 is 2.54 bits per heavy atom. The van der Waals surface area contributed by atoms with Gasteiger partial charge in [0.1, 0.15) is 18.1 Å². The lowest BCUT2D eigenvalue weighted by Gasteiger charge is -2.36. The molecule has 0 aromatic heterocycles. The molecule has 0 radical (unpaired) electrons. The summed E-state index contributed by atoms with van der Waals surface area (Å²) in [5.74, 6) is 0.644. The summed E-state index contributed by atoms with van der Waals surface area (Å²) >= 11 is 5.54. The van der Waals surface area contributed by atoms with Crippen LogP contribution in [0, 0.1) is 5.82 Å². The summed E-state index contributed by atoms with van der Waals surface area (Å²) in [5, 5.41) is 7.45. The normalized spacial score (nSPS) is 25.9. The van der Waals surface area contributed by atoms with E-state index in [1.165, 1.54) is 18.4 Å². The van der Waals surface area contributed by atoms with E-state index in [4.69, 9.17) is 17.0 Å². The van der Waals surface area contributed by atoms with Gasteiger partial charge in [-0.1, -0.05) is 18.2 Å². The minimum Gasteiger partial charge on any atom is -0.497 e. The number of thiocarbonyl (C=S) groups is 1. The van der Waals surface area contributed by atoms with E-state index in [0.29, 0.717) is 23.2 Å². The van der Waals surface area contributed by atoms with Gasteiger partial charge >= 0.3 is 0 Å². The summed E-state index contributed by atoms with van der Waals surface area (Å²) in [6.45, 7) is 0.981. The first-order valence-electron chi connectivity index (χ1n) is 9.92. The van der Waals surface area contributed by atoms with E-state index >= 15 is 0 Å². The van der Waals surface area contributed by atoms with E-state index in [2.05, 4.69) is 10.6 Å². The highest BCUT2D eigenvalue weighted by atomic mass is 32.1. The molecule has 6 heteroatoms. The number of rotatable bonds is 5. The summed E-state index contributed by atoms with van der Waals surface area (Å²) in [6, 6.07) is 16.4. The first kappa shape index (κ1) is 19.2. The summed E-state index contributed by atoms with van der Waals surface area (Å²) in [5.41, 5.74) is 2.15. The molecule has 4 rings (SSSR count). The van der Waals surface area contributed by atoms with Crippen LogP contribution in [0.4, 0.5) is 10.1 Å². The van der Waals surface area contributed by atoms with Gasteiger partial charge in [0.2, 0.25) is 0 Å². The second-order valence-corrected chi connectivity index (χ2v) is 8.26. The minimum absolute atomic E-state index is 0.165. The van der Waals surface area contributed by atoms with Crippen LogP contribution >= 0.6 is 12.2 Å². The number of ether oxygens (including phenoxy) is 1. The summed E-state index contributed by atoms with van der Waals surface area (Å²) in [6.07, 6.45) is 4.75. The Balaban J connectivity index is 1.32. The first-order valence-corrected chi connectivity index (χ1v) is 10.3.